The van der Waals surface area contributed by atoms with Crippen molar-refractivity contribution in [2.45, 2.75) is 69.9 Å². The molecule has 3 fully saturated rings. The molecule has 2 unspecified atom stereocenters. The average Bonchev–Trinajstić information content (AvgIpc) is 2.66. The molecule has 3 rings (SSSR count). The van der Waals surface area contributed by atoms with Crippen molar-refractivity contribution < 1.29 is 0 Å². The monoisotopic (exact) mass is 349 g/mol. The zero-order chi connectivity index (χ0) is 17.5. The molecule has 0 amide bonds. The Morgan fingerprint density at radius 2 is 1.76 bits per heavy atom. The van der Waals surface area contributed by atoms with Crippen molar-refractivity contribution in [3.8, 4) is 0 Å². The fourth-order valence-electron chi connectivity index (χ4n) is 4.97. The molecule has 5 heteroatoms. The van der Waals surface area contributed by atoms with Crippen LogP contribution in [-0.2, 0) is 0 Å². The summed E-state index contributed by atoms with van der Waals surface area (Å²) < 4.78 is 0. The number of piperidine rings is 2. The number of nitrogens with zero attached hydrogens (tertiary/aromatic N) is 3. The van der Waals surface area contributed by atoms with Gasteiger partial charge in [-0.05, 0) is 64.6 Å². The molecule has 2 atom stereocenters. The number of aliphatic imine (C=N–C) groups is 1. The minimum absolute atomic E-state index is 0.552. The Morgan fingerprint density at radius 3 is 2.52 bits per heavy atom. The van der Waals surface area contributed by atoms with Gasteiger partial charge in [-0.1, -0.05) is 19.3 Å². The standard InChI is InChI=1S/C20H39N5/c1-21-20(22-14-17-8-6-12-24(2)15-17)23-18-9-7-13-25(16-18)19-10-4-3-5-11-19/h17-19H,3-16H2,1-2H3,(H2,21,22,23). The van der Waals surface area contributed by atoms with Crippen LogP contribution in [0, 0.1) is 5.92 Å². The lowest BCUT2D eigenvalue weighted by molar-refractivity contribution is 0.115. The number of hydrogen-bond acceptors (Lipinski definition) is 3. The Balaban J connectivity index is 1.42. The van der Waals surface area contributed by atoms with E-state index in [4.69, 9.17) is 0 Å². The molecule has 2 heterocycles. The van der Waals surface area contributed by atoms with Gasteiger partial charge in [0.15, 0.2) is 5.96 Å². The molecule has 1 aliphatic carbocycles. The van der Waals surface area contributed by atoms with Crippen molar-refractivity contribution in [2.75, 3.05) is 46.8 Å². The zero-order valence-electron chi connectivity index (χ0n) is 16.5. The maximum absolute atomic E-state index is 4.49. The minimum atomic E-state index is 0.552. The molecule has 2 saturated heterocycles. The van der Waals surface area contributed by atoms with Gasteiger partial charge in [-0.15, -0.1) is 0 Å². The molecule has 0 bridgehead atoms. The molecular formula is C20H39N5. The van der Waals surface area contributed by atoms with Crippen LogP contribution in [0.4, 0.5) is 0 Å². The molecule has 2 N–H and O–H groups in total. The van der Waals surface area contributed by atoms with E-state index in [-0.39, 0.29) is 0 Å². The van der Waals surface area contributed by atoms with E-state index in [1.54, 1.807) is 0 Å². The van der Waals surface area contributed by atoms with Gasteiger partial charge in [0.1, 0.15) is 0 Å². The molecule has 0 aromatic heterocycles. The Hall–Kier alpha value is -0.810. The van der Waals surface area contributed by atoms with Crippen LogP contribution in [-0.4, -0.2) is 74.7 Å². The van der Waals surface area contributed by atoms with Gasteiger partial charge in [-0.3, -0.25) is 9.89 Å². The highest BCUT2D eigenvalue weighted by atomic mass is 15.2. The molecule has 0 aromatic carbocycles. The number of nitrogens with one attached hydrogen (secondary N) is 2. The third-order valence-corrected chi connectivity index (χ3v) is 6.39. The third-order valence-electron chi connectivity index (χ3n) is 6.39. The second kappa shape index (κ2) is 9.77. The van der Waals surface area contributed by atoms with E-state index in [2.05, 4.69) is 32.5 Å². The predicted octanol–water partition coefficient (Wildman–Crippen LogP) is 2.29. The summed E-state index contributed by atoms with van der Waals surface area (Å²) in [5, 5.41) is 7.30. The largest absolute Gasteiger partial charge is 0.356 e. The second-order valence-electron chi connectivity index (χ2n) is 8.49. The Kier molecular flexibility index (Phi) is 7.41. The Labute approximate surface area is 154 Å². The highest BCUT2D eigenvalue weighted by molar-refractivity contribution is 5.80. The first kappa shape index (κ1) is 19.0. The lowest BCUT2D eigenvalue weighted by atomic mass is 9.92. The van der Waals surface area contributed by atoms with Crippen LogP contribution in [0.5, 0.6) is 0 Å². The van der Waals surface area contributed by atoms with Gasteiger partial charge in [0.05, 0.1) is 0 Å². The van der Waals surface area contributed by atoms with Crippen LogP contribution in [0.15, 0.2) is 4.99 Å². The number of rotatable bonds is 4. The van der Waals surface area contributed by atoms with Gasteiger partial charge < -0.3 is 15.5 Å². The van der Waals surface area contributed by atoms with Crippen LogP contribution in [0.25, 0.3) is 0 Å². The summed E-state index contributed by atoms with van der Waals surface area (Å²) >= 11 is 0. The normalized spacial score (nSPS) is 31.0. The number of hydrogen-bond donors (Lipinski definition) is 2. The average molecular weight is 350 g/mol. The number of guanidine groups is 1. The van der Waals surface area contributed by atoms with Gasteiger partial charge in [0, 0.05) is 38.8 Å². The summed E-state index contributed by atoms with van der Waals surface area (Å²) in [6, 6.07) is 1.39. The summed E-state index contributed by atoms with van der Waals surface area (Å²) in [6.45, 7) is 6.00. The van der Waals surface area contributed by atoms with Crippen molar-refractivity contribution >= 4 is 5.96 Å². The van der Waals surface area contributed by atoms with E-state index in [9.17, 15) is 0 Å². The van der Waals surface area contributed by atoms with E-state index in [0.717, 1.165) is 24.5 Å². The molecule has 2 aliphatic heterocycles. The van der Waals surface area contributed by atoms with Crippen molar-refractivity contribution in [2.24, 2.45) is 10.9 Å². The molecule has 3 aliphatic rings. The van der Waals surface area contributed by atoms with Gasteiger partial charge in [-0.2, -0.15) is 0 Å². The summed E-state index contributed by atoms with van der Waals surface area (Å²) in [5.74, 6) is 1.76. The third kappa shape index (κ3) is 5.85. The molecule has 1 saturated carbocycles. The van der Waals surface area contributed by atoms with E-state index in [0.29, 0.717) is 6.04 Å². The maximum Gasteiger partial charge on any atom is 0.191 e. The number of likely N-dealkylation sites (tertiary alicyclic amines) is 2. The molecule has 0 radical (unpaired) electrons. The molecular weight excluding hydrogens is 310 g/mol. The van der Waals surface area contributed by atoms with Crippen LogP contribution >= 0.6 is 0 Å². The van der Waals surface area contributed by atoms with E-state index >= 15 is 0 Å². The van der Waals surface area contributed by atoms with Crippen molar-refractivity contribution in [1.29, 1.82) is 0 Å². The summed E-state index contributed by atoms with van der Waals surface area (Å²) in [5.41, 5.74) is 0. The van der Waals surface area contributed by atoms with E-state index < -0.39 is 0 Å². The van der Waals surface area contributed by atoms with Crippen LogP contribution < -0.4 is 10.6 Å². The molecule has 25 heavy (non-hydrogen) atoms. The van der Waals surface area contributed by atoms with Crippen molar-refractivity contribution in [3.63, 3.8) is 0 Å². The lowest BCUT2D eigenvalue weighted by Gasteiger charge is -2.40. The molecule has 0 aromatic rings. The fraction of sp³-hybridized carbons (Fsp3) is 0.950. The summed E-state index contributed by atoms with van der Waals surface area (Å²) in [7, 11) is 4.14. The second-order valence-corrected chi connectivity index (χ2v) is 8.49. The van der Waals surface area contributed by atoms with Gasteiger partial charge in [0.2, 0.25) is 0 Å². The van der Waals surface area contributed by atoms with Crippen molar-refractivity contribution in [3.05, 3.63) is 0 Å². The smallest absolute Gasteiger partial charge is 0.191 e. The van der Waals surface area contributed by atoms with E-state index in [1.165, 1.54) is 84.0 Å². The predicted molar refractivity (Wildman–Crippen MR) is 106 cm³/mol. The minimum Gasteiger partial charge on any atom is -0.356 e. The van der Waals surface area contributed by atoms with Gasteiger partial charge in [0.25, 0.3) is 0 Å². The van der Waals surface area contributed by atoms with Gasteiger partial charge in [-0.25, -0.2) is 0 Å². The molecule has 5 nitrogen and oxygen atoms in total. The fourth-order valence-corrected chi connectivity index (χ4v) is 4.97. The zero-order valence-corrected chi connectivity index (χ0v) is 16.5. The van der Waals surface area contributed by atoms with Gasteiger partial charge >= 0.3 is 0 Å². The summed E-state index contributed by atoms with van der Waals surface area (Å²) in [6.07, 6.45) is 12.4. The van der Waals surface area contributed by atoms with Crippen molar-refractivity contribution in [1.82, 2.24) is 20.4 Å². The highest BCUT2D eigenvalue weighted by Crippen LogP contribution is 2.25. The quantitative estimate of drug-likeness (QED) is 0.604. The van der Waals surface area contributed by atoms with Crippen LogP contribution in [0.3, 0.4) is 0 Å². The van der Waals surface area contributed by atoms with Crippen LogP contribution in [0.1, 0.15) is 57.8 Å². The van der Waals surface area contributed by atoms with E-state index in [1.807, 2.05) is 7.05 Å². The first-order chi connectivity index (χ1) is 12.2. The Morgan fingerprint density at radius 1 is 0.960 bits per heavy atom. The molecule has 0 spiro atoms. The first-order valence-electron chi connectivity index (χ1n) is 10.6. The van der Waals surface area contributed by atoms with Crippen LogP contribution in [0.2, 0.25) is 0 Å². The first-order valence-corrected chi connectivity index (χ1v) is 10.6. The SMILES string of the molecule is CN=C(NCC1CCCN(C)C1)NC1CCCN(C2CCCCC2)C1. The highest BCUT2D eigenvalue weighted by Gasteiger charge is 2.27. The molecule has 144 valence electrons. The Bertz CT molecular complexity index is 418. The topological polar surface area (TPSA) is 42.9 Å². The summed E-state index contributed by atoms with van der Waals surface area (Å²) in [4.78, 5) is 9.69. The lowest BCUT2D eigenvalue weighted by Crippen LogP contribution is -2.54. The maximum atomic E-state index is 4.49.